The van der Waals surface area contributed by atoms with Crippen molar-refractivity contribution in [3.63, 3.8) is 0 Å². The van der Waals surface area contributed by atoms with E-state index in [1.165, 1.54) is 12.1 Å². The summed E-state index contributed by atoms with van der Waals surface area (Å²) in [6.07, 6.45) is 8.91. The van der Waals surface area contributed by atoms with Gasteiger partial charge in [-0.2, -0.15) is 13.2 Å². The zero-order valence-electron chi connectivity index (χ0n) is 24.2. The normalized spacial score (nSPS) is 23.3. The van der Waals surface area contributed by atoms with Crippen LogP contribution >= 0.6 is 0 Å². The third-order valence-corrected chi connectivity index (χ3v) is 9.03. The maximum absolute atomic E-state index is 13.4. The Morgan fingerprint density at radius 3 is 2.31 bits per heavy atom. The number of urea groups is 1. The smallest absolute Gasteiger partial charge is 0.349 e. The van der Waals surface area contributed by atoms with E-state index < -0.39 is 11.7 Å². The van der Waals surface area contributed by atoms with Crippen molar-refractivity contribution in [3.8, 4) is 0 Å². The topological polar surface area (TPSA) is 52.7 Å². The third-order valence-electron chi connectivity index (χ3n) is 9.03. The molecule has 1 saturated heterocycles. The van der Waals surface area contributed by atoms with Crippen molar-refractivity contribution in [2.75, 3.05) is 24.5 Å². The number of nitrogens with one attached hydrogen (secondary N) is 1. The molecule has 0 bridgehead atoms. The SMILES string of the molecule is CC(NC(=O)[C@H]1CCCC[C@@H]1C1C=CC(CN(C(=O)N2CCCC2)c2ccccc2)=CC1)c1ccc(C(F)(F)F)cc1. The summed E-state index contributed by atoms with van der Waals surface area (Å²) in [4.78, 5) is 30.6. The van der Waals surface area contributed by atoms with Crippen LogP contribution in [0.25, 0.3) is 0 Å². The minimum atomic E-state index is -4.38. The lowest BCUT2D eigenvalue weighted by atomic mass is 9.70. The maximum Gasteiger partial charge on any atom is 0.416 e. The average molecular weight is 580 g/mol. The fraction of sp³-hybridized carbons (Fsp3) is 0.471. The molecule has 3 amide bonds. The molecule has 8 heteroatoms. The Kier molecular flexibility index (Phi) is 9.39. The molecule has 1 N–H and O–H groups in total. The summed E-state index contributed by atoms with van der Waals surface area (Å²) in [5.74, 6) is 0.259. The Morgan fingerprint density at radius 2 is 1.67 bits per heavy atom. The molecule has 2 aromatic carbocycles. The number of alkyl halides is 3. The highest BCUT2D eigenvalue weighted by molar-refractivity contribution is 5.92. The predicted octanol–water partition coefficient (Wildman–Crippen LogP) is 7.91. The number of para-hydroxylation sites is 1. The number of allylic oxidation sites excluding steroid dienone is 2. The molecule has 42 heavy (non-hydrogen) atoms. The summed E-state index contributed by atoms with van der Waals surface area (Å²) in [6, 6.07) is 14.5. The highest BCUT2D eigenvalue weighted by atomic mass is 19.4. The van der Waals surface area contributed by atoms with Crippen LogP contribution < -0.4 is 10.2 Å². The molecular formula is C34H40F3N3O2. The predicted molar refractivity (Wildman–Crippen MR) is 159 cm³/mol. The van der Waals surface area contributed by atoms with Crippen molar-refractivity contribution in [2.45, 2.75) is 64.1 Å². The fourth-order valence-corrected chi connectivity index (χ4v) is 6.62. The van der Waals surface area contributed by atoms with E-state index in [-0.39, 0.29) is 35.7 Å². The highest BCUT2D eigenvalue weighted by Crippen LogP contribution is 2.40. The van der Waals surface area contributed by atoms with Gasteiger partial charge < -0.3 is 10.2 Å². The highest BCUT2D eigenvalue weighted by Gasteiger charge is 2.36. The lowest BCUT2D eigenvalue weighted by Gasteiger charge is -2.37. The van der Waals surface area contributed by atoms with E-state index in [0.717, 1.165) is 81.4 Å². The molecule has 0 aromatic heterocycles. The van der Waals surface area contributed by atoms with Crippen molar-refractivity contribution >= 4 is 17.6 Å². The van der Waals surface area contributed by atoms with Crippen LogP contribution in [-0.4, -0.2) is 36.5 Å². The van der Waals surface area contributed by atoms with Crippen LogP contribution in [0, 0.1) is 17.8 Å². The Labute approximate surface area is 246 Å². The second kappa shape index (κ2) is 13.2. The molecule has 1 heterocycles. The summed E-state index contributed by atoms with van der Waals surface area (Å²) >= 11 is 0. The number of nitrogens with zero attached hydrogens (tertiary/aromatic N) is 2. The zero-order chi connectivity index (χ0) is 29.7. The van der Waals surface area contributed by atoms with Gasteiger partial charge in [-0.15, -0.1) is 0 Å². The molecular weight excluding hydrogens is 539 g/mol. The van der Waals surface area contributed by atoms with Crippen molar-refractivity contribution in [1.82, 2.24) is 10.2 Å². The monoisotopic (exact) mass is 579 g/mol. The molecule has 0 spiro atoms. The first-order chi connectivity index (χ1) is 20.2. The summed E-state index contributed by atoms with van der Waals surface area (Å²) < 4.78 is 38.9. The lowest BCUT2D eigenvalue weighted by Crippen LogP contribution is -2.43. The number of carbonyl (C=O) groups excluding carboxylic acids is 2. The van der Waals surface area contributed by atoms with Crippen LogP contribution in [0.3, 0.4) is 0 Å². The molecule has 224 valence electrons. The van der Waals surface area contributed by atoms with Gasteiger partial charge in [-0.25, -0.2) is 4.79 Å². The molecule has 2 aliphatic carbocycles. The molecule has 2 unspecified atom stereocenters. The van der Waals surface area contributed by atoms with Gasteiger partial charge in [0.15, 0.2) is 0 Å². The van der Waals surface area contributed by atoms with E-state index in [1.54, 1.807) is 0 Å². The second-order valence-corrected chi connectivity index (χ2v) is 11.8. The average Bonchev–Trinajstić information content (AvgIpc) is 3.55. The summed E-state index contributed by atoms with van der Waals surface area (Å²) in [5.41, 5.74) is 1.94. The van der Waals surface area contributed by atoms with Gasteiger partial charge in [0.2, 0.25) is 5.91 Å². The van der Waals surface area contributed by atoms with Gasteiger partial charge >= 0.3 is 12.2 Å². The number of anilines is 1. The van der Waals surface area contributed by atoms with Gasteiger partial charge in [0.1, 0.15) is 0 Å². The molecule has 5 rings (SSSR count). The van der Waals surface area contributed by atoms with E-state index in [0.29, 0.717) is 12.1 Å². The molecule has 0 radical (unpaired) electrons. The molecule has 4 atom stereocenters. The summed E-state index contributed by atoms with van der Waals surface area (Å²) in [7, 11) is 0. The van der Waals surface area contributed by atoms with Gasteiger partial charge in [-0.1, -0.05) is 61.4 Å². The van der Waals surface area contributed by atoms with E-state index in [1.807, 2.05) is 47.1 Å². The Hall–Kier alpha value is -3.55. The summed E-state index contributed by atoms with van der Waals surface area (Å²) in [5, 5.41) is 3.08. The van der Waals surface area contributed by atoms with Gasteiger partial charge in [-0.3, -0.25) is 9.69 Å². The van der Waals surface area contributed by atoms with E-state index in [9.17, 15) is 22.8 Å². The largest absolute Gasteiger partial charge is 0.416 e. The van der Waals surface area contributed by atoms with Crippen LogP contribution in [0.15, 0.2) is 78.4 Å². The van der Waals surface area contributed by atoms with Gasteiger partial charge in [0.25, 0.3) is 0 Å². The number of benzene rings is 2. The van der Waals surface area contributed by atoms with Crippen LogP contribution in [0.2, 0.25) is 0 Å². The van der Waals surface area contributed by atoms with Crippen molar-refractivity contribution in [2.24, 2.45) is 17.8 Å². The zero-order valence-corrected chi connectivity index (χ0v) is 24.2. The Balaban J connectivity index is 1.22. The van der Waals surface area contributed by atoms with Crippen LogP contribution in [0.4, 0.5) is 23.7 Å². The molecule has 2 fully saturated rings. The van der Waals surface area contributed by atoms with Crippen molar-refractivity contribution in [3.05, 3.63) is 89.5 Å². The van der Waals surface area contributed by atoms with Crippen molar-refractivity contribution < 1.29 is 22.8 Å². The molecule has 1 saturated carbocycles. The first kappa shape index (κ1) is 29.9. The Bertz CT molecular complexity index is 1280. The maximum atomic E-state index is 13.4. The van der Waals surface area contributed by atoms with E-state index in [4.69, 9.17) is 0 Å². The van der Waals surface area contributed by atoms with Crippen LogP contribution in [-0.2, 0) is 11.0 Å². The molecule has 2 aromatic rings. The molecule has 3 aliphatic rings. The van der Waals surface area contributed by atoms with Gasteiger partial charge in [-0.05, 0) is 86.3 Å². The van der Waals surface area contributed by atoms with E-state index >= 15 is 0 Å². The Morgan fingerprint density at radius 1 is 0.976 bits per heavy atom. The van der Waals surface area contributed by atoms with Crippen LogP contribution in [0.1, 0.15) is 69.0 Å². The summed E-state index contributed by atoms with van der Waals surface area (Å²) in [6.45, 7) is 3.90. The second-order valence-electron chi connectivity index (χ2n) is 11.8. The number of halogens is 3. The number of hydrogen-bond acceptors (Lipinski definition) is 2. The van der Waals surface area contributed by atoms with Gasteiger partial charge in [0, 0.05) is 24.7 Å². The quantitative estimate of drug-likeness (QED) is 0.362. The molecule has 1 aliphatic heterocycles. The number of likely N-dealkylation sites (tertiary alicyclic amines) is 1. The molecule has 5 nitrogen and oxygen atoms in total. The van der Waals surface area contributed by atoms with Crippen LogP contribution in [0.5, 0.6) is 0 Å². The number of amides is 3. The first-order valence-corrected chi connectivity index (χ1v) is 15.2. The number of carbonyl (C=O) groups is 2. The lowest BCUT2D eigenvalue weighted by molar-refractivity contribution is -0.137. The minimum Gasteiger partial charge on any atom is -0.349 e. The minimum absolute atomic E-state index is 0.0262. The number of rotatable bonds is 7. The third kappa shape index (κ3) is 7.08. The fourth-order valence-electron chi connectivity index (χ4n) is 6.62. The number of hydrogen-bond donors (Lipinski definition) is 1. The van der Waals surface area contributed by atoms with E-state index in [2.05, 4.69) is 23.5 Å². The first-order valence-electron chi connectivity index (χ1n) is 15.2. The standard InChI is InChI=1S/C34H40F3N3O2/c1-24(26-17-19-28(20-18-26)34(35,36)37)38-32(41)31-12-6-5-11-30(31)27-15-13-25(14-16-27)23-40(29-9-3-2-4-10-29)33(42)39-21-7-8-22-39/h2-4,9-10,13-15,17-20,24,27,30-31H,5-8,11-12,16,21-23H2,1H3,(H,38,41)/t24?,27?,30-,31+/m1/s1. The van der Waals surface area contributed by atoms with Gasteiger partial charge in [0.05, 0.1) is 18.2 Å². The van der Waals surface area contributed by atoms with Crippen molar-refractivity contribution in [1.29, 1.82) is 0 Å².